The first-order valence-corrected chi connectivity index (χ1v) is 28.7. The number of carbonyl (C=O) groups is 2. The fraction of sp³-hybridized carbons (Fsp3) is 0.833. The van der Waals surface area contributed by atoms with Crippen LogP contribution in [0, 0.1) is 0 Å². The van der Waals surface area contributed by atoms with Gasteiger partial charge in [0.1, 0.15) is 0 Å². The predicted octanol–water partition coefficient (Wildman–Crippen LogP) is 3.84. The molecular weight excluding hydrogens is 1210 g/mol. The SMILES string of the molecule is C1CCNC1.I.II.I[I-]I.O=C(Br)CBr.O=C(CBr)N1CCCC1. The summed E-state index contributed by atoms with van der Waals surface area (Å²) >= 11 is 18.3. The molecule has 0 spiro atoms. The van der Waals surface area contributed by atoms with Crippen molar-refractivity contribution in [1.29, 1.82) is 0 Å². The standard InChI is InChI=1S/C6H10BrNO.C4H9N.C2H2Br2O.I3.I2.HI/c7-5-6(9)8-3-1-2-4-8;1-2-4-5-3-1;3-1-2(4)5;1-3-2;1-2;/h1-5H2;5H,1-4H2;1H2;;;1H/q;;;-1;;. The number of halogens is 9. The third-order valence-corrected chi connectivity index (χ3v) is 4.66. The minimum atomic E-state index is -0.0162. The van der Waals surface area contributed by atoms with Gasteiger partial charge in [0.25, 0.3) is 0 Å². The molecule has 13 heteroatoms. The van der Waals surface area contributed by atoms with Crippen molar-refractivity contribution in [3.63, 3.8) is 0 Å². The van der Waals surface area contributed by atoms with E-state index in [2.05, 4.69) is 128 Å². The van der Waals surface area contributed by atoms with Crippen LogP contribution in [0.1, 0.15) is 25.7 Å². The van der Waals surface area contributed by atoms with Gasteiger partial charge in [-0.2, -0.15) is 0 Å². The molecular formula is C12H22Br3I6N2O2-. The second kappa shape index (κ2) is 33.6. The van der Waals surface area contributed by atoms with Gasteiger partial charge in [-0.05, 0) is 54.7 Å². The van der Waals surface area contributed by atoms with Crippen LogP contribution in [0.2, 0.25) is 0 Å². The number of hydrogen-bond donors (Lipinski definition) is 1. The maximum Gasteiger partial charge on any atom is 0.233 e. The number of nitrogens with zero attached hydrogens (tertiary/aromatic N) is 1. The molecule has 1 amide bonds. The van der Waals surface area contributed by atoms with Crippen molar-refractivity contribution in [3.05, 3.63) is 0 Å². The molecule has 0 radical (unpaired) electrons. The fourth-order valence-electron chi connectivity index (χ4n) is 1.68. The Labute approximate surface area is 247 Å². The van der Waals surface area contributed by atoms with Crippen LogP contribution < -0.4 is 18.6 Å². The molecule has 2 aliphatic heterocycles. The topological polar surface area (TPSA) is 49.4 Å². The van der Waals surface area contributed by atoms with Crippen molar-refractivity contribution in [2.24, 2.45) is 0 Å². The van der Waals surface area contributed by atoms with Crippen LogP contribution in [0.15, 0.2) is 0 Å². The molecule has 156 valence electrons. The van der Waals surface area contributed by atoms with Crippen molar-refractivity contribution in [2.45, 2.75) is 25.7 Å². The van der Waals surface area contributed by atoms with E-state index in [1.165, 1.54) is 38.8 Å². The number of hydrogen-bond acceptors (Lipinski definition) is 3. The number of carbonyl (C=O) groups excluding carboxylic acids is 2. The van der Waals surface area contributed by atoms with Gasteiger partial charge < -0.3 is 10.2 Å². The Morgan fingerprint density at radius 2 is 1.32 bits per heavy atom. The van der Waals surface area contributed by atoms with Gasteiger partial charge >= 0.3 is 50.5 Å². The van der Waals surface area contributed by atoms with Crippen LogP contribution >= 0.6 is 146 Å². The van der Waals surface area contributed by atoms with E-state index in [4.69, 9.17) is 0 Å². The van der Waals surface area contributed by atoms with Gasteiger partial charge in [0.15, 0.2) is 0 Å². The van der Waals surface area contributed by atoms with Crippen LogP contribution in [0.4, 0.5) is 0 Å². The van der Waals surface area contributed by atoms with Crippen LogP contribution in [0.3, 0.4) is 0 Å². The molecule has 2 aliphatic rings. The summed E-state index contributed by atoms with van der Waals surface area (Å²) in [6, 6.07) is 0. The fourth-order valence-corrected chi connectivity index (χ4v) is 2.03. The number of alkyl halides is 2. The van der Waals surface area contributed by atoms with Crippen LogP contribution in [-0.4, -0.2) is 52.3 Å². The van der Waals surface area contributed by atoms with Gasteiger partial charge in [-0.1, -0.05) is 31.9 Å². The summed E-state index contributed by atoms with van der Waals surface area (Å²) in [5.74, 6) is 0.229. The van der Waals surface area contributed by atoms with Crippen molar-refractivity contribution in [1.82, 2.24) is 10.2 Å². The first-order chi connectivity index (χ1) is 11.5. The number of rotatable bonds is 2. The minimum Gasteiger partial charge on any atom is -0.342 e. The molecule has 0 saturated carbocycles. The summed E-state index contributed by atoms with van der Waals surface area (Å²) in [5.41, 5.74) is 0. The van der Waals surface area contributed by atoms with Crippen LogP contribution in [0.25, 0.3) is 0 Å². The summed E-state index contributed by atoms with van der Waals surface area (Å²) in [7, 11) is 0. The average Bonchev–Trinajstić information content (AvgIpc) is 3.33. The summed E-state index contributed by atoms with van der Waals surface area (Å²) in [6.07, 6.45) is 5.14. The summed E-state index contributed by atoms with van der Waals surface area (Å²) < 4.78 is -0.0162. The van der Waals surface area contributed by atoms with Gasteiger partial charge in [-0.25, -0.2) is 0 Å². The summed E-state index contributed by atoms with van der Waals surface area (Å²) in [6.45, 7) is 4.43. The van der Waals surface area contributed by atoms with Gasteiger partial charge in [-0.15, -0.1) is 24.0 Å². The van der Waals surface area contributed by atoms with Gasteiger partial charge in [0, 0.05) is 50.3 Å². The first-order valence-electron chi connectivity index (χ1n) is 6.83. The van der Waals surface area contributed by atoms with Crippen molar-refractivity contribution in [3.8, 4) is 0 Å². The van der Waals surface area contributed by atoms with E-state index >= 15 is 0 Å². The zero-order chi connectivity index (χ0) is 19.2. The Bertz CT molecular complexity index is 280. The molecule has 0 atom stereocenters. The Morgan fingerprint density at radius 1 is 0.960 bits per heavy atom. The Morgan fingerprint density at radius 3 is 1.52 bits per heavy atom. The first kappa shape index (κ1) is 37.2. The molecule has 0 aromatic heterocycles. The zero-order valence-electron chi connectivity index (χ0n) is 13.3. The number of amides is 1. The second-order valence-corrected chi connectivity index (χ2v) is 22.5. The van der Waals surface area contributed by atoms with Crippen LogP contribution in [0.5, 0.6) is 0 Å². The predicted molar refractivity (Wildman–Crippen MR) is 161 cm³/mol. The van der Waals surface area contributed by atoms with Crippen molar-refractivity contribution in [2.75, 3.05) is 36.8 Å². The van der Waals surface area contributed by atoms with E-state index in [9.17, 15) is 9.59 Å². The number of likely N-dealkylation sites (tertiary alicyclic amines) is 1. The van der Waals surface area contributed by atoms with Crippen LogP contribution in [-0.2, 0) is 9.59 Å². The molecule has 1 N–H and O–H groups in total. The third kappa shape index (κ3) is 33.7. The minimum absolute atomic E-state index is 0. The Balaban J connectivity index is -0.000000120. The molecule has 2 heterocycles. The molecule has 25 heavy (non-hydrogen) atoms. The van der Waals surface area contributed by atoms with E-state index < -0.39 is 0 Å². The van der Waals surface area contributed by atoms with E-state index in [1.54, 1.807) is 0 Å². The normalized spacial score (nSPS) is 14.1. The maximum atomic E-state index is 10.9. The molecule has 2 rings (SSSR count). The third-order valence-electron chi connectivity index (χ3n) is 2.64. The summed E-state index contributed by atoms with van der Waals surface area (Å²) in [4.78, 5) is 22.5. The largest absolute Gasteiger partial charge is 0.342 e. The van der Waals surface area contributed by atoms with Crippen molar-refractivity contribution >= 4 is 157 Å². The zero-order valence-corrected chi connectivity index (χ0v) is 31.1. The van der Waals surface area contributed by atoms with Gasteiger partial charge in [-0.3, -0.25) is 9.59 Å². The Hall–Kier alpha value is 4.92. The monoisotopic (exact) mass is 1220 g/mol. The number of nitrogens with one attached hydrogen (secondary N) is 1. The Kier molecular flexibility index (Phi) is 50.0. The second-order valence-electron chi connectivity index (χ2n) is 4.22. The van der Waals surface area contributed by atoms with E-state index in [0.29, 0.717) is 23.9 Å². The molecule has 2 fully saturated rings. The quantitative estimate of drug-likeness (QED) is 0.260. The molecule has 0 unspecified atom stereocenters. The molecule has 4 nitrogen and oxygen atoms in total. The molecule has 0 aromatic carbocycles. The smallest absolute Gasteiger partial charge is 0.233 e. The van der Waals surface area contributed by atoms with E-state index in [-0.39, 0.29) is 34.6 Å². The molecule has 0 bridgehead atoms. The van der Waals surface area contributed by atoms with E-state index in [1.807, 2.05) is 4.90 Å². The van der Waals surface area contributed by atoms with Gasteiger partial charge in [0.2, 0.25) is 10.6 Å². The summed E-state index contributed by atoms with van der Waals surface area (Å²) in [5, 5.41) is 4.10. The van der Waals surface area contributed by atoms with E-state index in [0.717, 1.165) is 13.1 Å². The van der Waals surface area contributed by atoms with Crippen molar-refractivity contribution < 1.29 is 22.8 Å². The van der Waals surface area contributed by atoms with Gasteiger partial charge in [0.05, 0.1) is 10.7 Å². The average molecular weight is 1230 g/mol. The molecule has 0 aliphatic carbocycles. The molecule has 2 saturated heterocycles. The maximum absolute atomic E-state index is 10.9. The molecule has 0 aromatic rings.